The van der Waals surface area contributed by atoms with E-state index in [9.17, 15) is 14.4 Å². The van der Waals surface area contributed by atoms with Gasteiger partial charge in [-0.2, -0.15) is 0 Å². The first-order valence-corrected chi connectivity index (χ1v) is 8.34. The number of hydrogen-bond acceptors (Lipinski definition) is 5. The Bertz CT molecular complexity index is 818. The minimum atomic E-state index is -0.838. The highest BCUT2D eigenvalue weighted by atomic mass is 16.5. The number of carbonyl (C=O) groups is 3. The van der Waals surface area contributed by atoms with Gasteiger partial charge in [0.05, 0.1) is 12.6 Å². The Kier molecular flexibility index (Phi) is 5.07. The molecule has 1 saturated carbocycles. The molecular formula is C19H20N2O4. The number of nitrogens with one attached hydrogen (secondary N) is 1. The number of rotatable bonds is 4. The number of ether oxygens (including phenoxy) is 1. The number of benzene rings is 1. The molecular weight excluding hydrogens is 320 g/mol. The van der Waals surface area contributed by atoms with Crippen molar-refractivity contribution in [1.82, 2.24) is 10.3 Å². The van der Waals surface area contributed by atoms with Gasteiger partial charge >= 0.3 is 5.97 Å². The predicted octanol–water partition coefficient (Wildman–Crippen LogP) is 2.27. The van der Waals surface area contributed by atoms with E-state index in [0.29, 0.717) is 18.4 Å². The van der Waals surface area contributed by atoms with Gasteiger partial charge in [-0.1, -0.05) is 24.3 Å². The van der Waals surface area contributed by atoms with Crippen LogP contribution in [-0.4, -0.2) is 35.8 Å². The Morgan fingerprint density at radius 3 is 2.80 bits per heavy atom. The maximum absolute atomic E-state index is 12.6. The second-order valence-corrected chi connectivity index (χ2v) is 6.26. The van der Waals surface area contributed by atoms with Gasteiger partial charge in [0.1, 0.15) is 17.5 Å². The van der Waals surface area contributed by atoms with Gasteiger partial charge in [0.25, 0.3) is 5.91 Å². The summed E-state index contributed by atoms with van der Waals surface area (Å²) in [6.45, 7) is 0. The summed E-state index contributed by atoms with van der Waals surface area (Å²) in [5.74, 6) is -1.10. The van der Waals surface area contributed by atoms with Gasteiger partial charge < -0.3 is 10.1 Å². The molecule has 0 bridgehead atoms. The number of nitrogens with zero attached hydrogens (tertiary/aromatic N) is 1. The van der Waals surface area contributed by atoms with Crippen molar-refractivity contribution in [2.45, 2.75) is 31.7 Å². The number of pyridine rings is 1. The van der Waals surface area contributed by atoms with Crippen LogP contribution in [0.4, 0.5) is 0 Å². The van der Waals surface area contributed by atoms with Crippen molar-refractivity contribution in [1.29, 1.82) is 0 Å². The van der Waals surface area contributed by atoms with E-state index < -0.39 is 17.9 Å². The lowest BCUT2D eigenvalue weighted by Gasteiger charge is -2.28. The van der Waals surface area contributed by atoms with Crippen LogP contribution in [0.5, 0.6) is 0 Å². The molecule has 1 heterocycles. The van der Waals surface area contributed by atoms with E-state index in [1.165, 1.54) is 7.11 Å². The molecule has 25 heavy (non-hydrogen) atoms. The molecule has 130 valence electrons. The monoisotopic (exact) mass is 340 g/mol. The number of Topliss-reactive ketones (excluding diaryl/α,β-unsaturated/α-hetero) is 1. The van der Waals surface area contributed by atoms with Gasteiger partial charge in [0, 0.05) is 18.2 Å². The molecule has 3 rings (SSSR count). The third kappa shape index (κ3) is 3.84. The molecule has 1 aromatic carbocycles. The average molecular weight is 340 g/mol. The molecule has 6 heteroatoms. The molecule has 0 saturated heterocycles. The summed E-state index contributed by atoms with van der Waals surface area (Å²) in [4.78, 5) is 40.8. The molecule has 6 nitrogen and oxygen atoms in total. The van der Waals surface area contributed by atoms with Crippen molar-refractivity contribution < 1.29 is 19.1 Å². The number of methoxy groups -OCH3 is 1. The highest BCUT2D eigenvalue weighted by Crippen LogP contribution is 2.25. The van der Waals surface area contributed by atoms with Crippen LogP contribution in [0.25, 0.3) is 10.9 Å². The maximum Gasteiger partial charge on any atom is 0.328 e. The first-order chi connectivity index (χ1) is 12.1. The van der Waals surface area contributed by atoms with Crippen molar-refractivity contribution >= 4 is 28.6 Å². The summed E-state index contributed by atoms with van der Waals surface area (Å²) in [5.41, 5.74) is 0.937. The van der Waals surface area contributed by atoms with E-state index in [1.807, 2.05) is 30.3 Å². The third-order valence-electron chi connectivity index (χ3n) is 4.56. The lowest BCUT2D eigenvalue weighted by Crippen LogP contribution is -2.48. The minimum Gasteiger partial charge on any atom is -0.467 e. The second kappa shape index (κ2) is 7.42. The number of para-hydroxylation sites is 1. The zero-order valence-electron chi connectivity index (χ0n) is 14.0. The molecule has 0 unspecified atom stereocenters. The number of fused-ring (bicyclic) bond motifs is 1. The van der Waals surface area contributed by atoms with Gasteiger partial charge in [-0.15, -0.1) is 0 Å². The van der Waals surface area contributed by atoms with E-state index in [0.717, 1.165) is 11.8 Å². The molecule has 2 atom stereocenters. The fourth-order valence-electron chi connectivity index (χ4n) is 3.25. The summed E-state index contributed by atoms with van der Waals surface area (Å²) < 4.78 is 4.82. The van der Waals surface area contributed by atoms with E-state index in [2.05, 4.69) is 10.3 Å². The first-order valence-electron chi connectivity index (χ1n) is 8.34. The Labute approximate surface area is 145 Å². The van der Waals surface area contributed by atoms with E-state index in [1.54, 1.807) is 6.07 Å². The summed E-state index contributed by atoms with van der Waals surface area (Å²) in [6.07, 6.45) is 2.24. The van der Waals surface area contributed by atoms with E-state index in [4.69, 9.17) is 4.74 Å². The molecule has 1 N–H and O–H groups in total. The van der Waals surface area contributed by atoms with Crippen LogP contribution < -0.4 is 5.32 Å². The number of amides is 1. The maximum atomic E-state index is 12.6. The van der Waals surface area contributed by atoms with Crippen LogP contribution in [-0.2, 0) is 14.3 Å². The number of esters is 1. The Morgan fingerprint density at radius 1 is 1.24 bits per heavy atom. The minimum absolute atomic E-state index is 0.114. The summed E-state index contributed by atoms with van der Waals surface area (Å²) in [7, 11) is 1.28. The van der Waals surface area contributed by atoms with Crippen LogP contribution in [0, 0.1) is 5.92 Å². The molecule has 1 fully saturated rings. The van der Waals surface area contributed by atoms with Crippen molar-refractivity contribution in [3.63, 3.8) is 0 Å². The Hall–Kier alpha value is -2.76. The van der Waals surface area contributed by atoms with E-state index >= 15 is 0 Å². The summed E-state index contributed by atoms with van der Waals surface area (Å²) in [5, 5.41) is 3.64. The van der Waals surface area contributed by atoms with Gasteiger partial charge in [-0.05, 0) is 30.9 Å². The number of ketones is 1. The molecule has 0 spiro atoms. The quantitative estimate of drug-likeness (QED) is 0.863. The molecule has 1 amide bonds. The zero-order valence-corrected chi connectivity index (χ0v) is 14.0. The Morgan fingerprint density at radius 2 is 2.04 bits per heavy atom. The molecule has 0 aliphatic heterocycles. The van der Waals surface area contributed by atoms with Crippen LogP contribution in [0.2, 0.25) is 0 Å². The fraction of sp³-hybridized carbons (Fsp3) is 0.368. The third-order valence-corrected chi connectivity index (χ3v) is 4.56. The van der Waals surface area contributed by atoms with Crippen molar-refractivity contribution in [2.75, 3.05) is 7.11 Å². The van der Waals surface area contributed by atoms with E-state index in [-0.39, 0.29) is 23.8 Å². The number of carbonyl (C=O) groups excluding carboxylic acids is 3. The zero-order chi connectivity index (χ0) is 17.8. The van der Waals surface area contributed by atoms with Gasteiger partial charge in [0.2, 0.25) is 0 Å². The van der Waals surface area contributed by atoms with Gasteiger partial charge in [-0.3, -0.25) is 9.59 Å². The molecule has 0 radical (unpaired) electrons. The topological polar surface area (TPSA) is 85.4 Å². The fourth-order valence-corrected chi connectivity index (χ4v) is 3.25. The van der Waals surface area contributed by atoms with Crippen LogP contribution >= 0.6 is 0 Å². The number of hydrogen-bond donors (Lipinski definition) is 1. The van der Waals surface area contributed by atoms with Gasteiger partial charge in [-0.25, -0.2) is 9.78 Å². The van der Waals surface area contributed by atoms with Crippen molar-refractivity contribution in [2.24, 2.45) is 5.92 Å². The SMILES string of the molecule is COC(=O)[C@@H](NC(=O)c1ccc2ccccc2n1)[C@H]1CCCC(=O)C1. The average Bonchev–Trinajstić information content (AvgIpc) is 2.64. The molecule has 1 aromatic heterocycles. The van der Waals surface area contributed by atoms with Crippen molar-refractivity contribution in [3.8, 4) is 0 Å². The summed E-state index contributed by atoms with van der Waals surface area (Å²) in [6, 6.07) is 10.1. The van der Waals surface area contributed by atoms with Crippen LogP contribution in [0.3, 0.4) is 0 Å². The second-order valence-electron chi connectivity index (χ2n) is 6.26. The summed E-state index contributed by atoms with van der Waals surface area (Å²) >= 11 is 0. The molecule has 2 aromatic rings. The van der Waals surface area contributed by atoms with Gasteiger partial charge in [0.15, 0.2) is 0 Å². The molecule has 1 aliphatic rings. The lowest BCUT2D eigenvalue weighted by atomic mass is 9.83. The first kappa shape index (κ1) is 17.1. The molecule has 1 aliphatic carbocycles. The highest BCUT2D eigenvalue weighted by molar-refractivity contribution is 5.97. The van der Waals surface area contributed by atoms with Crippen molar-refractivity contribution in [3.05, 3.63) is 42.1 Å². The van der Waals surface area contributed by atoms with Crippen LogP contribution in [0.15, 0.2) is 36.4 Å². The smallest absolute Gasteiger partial charge is 0.328 e. The predicted molar refractivity (Wildman–Crippen MR) is 92.0 cm³/mol. The number of aromatic nitrogens is 1. The van der Waals surface area contributed by atoms with Crippen LogP contribution in [0.1, 0.15) is 36.2 Å². The largest absolute Gasteiger partial charge is 0.467 e. The lowest BCUT2D eigenvalue weighted by molar-refractivity contribution is -0.145. The Balaban J connectivity index is 1.81. The highest BCUT2D eigenvalue weighted by Gasteiger charge is 2.34. The normalized spacial score (nSPS) is 18.6. The standard InChI is InChI=1S/C19H20N2O4/c1-25-19(24)17(13-6-4-7-14(22)11-13)21-18(23)16-10-9-12-5-2-3-8-15(12)20-16/h2-3,5,8-10,13,17H,4,6-7,11H2,1H3,(H,21,23)/t13-,17-/m0/s1.